The van der Waals surface area contributed by atoms with E-state index >= 15 is 0 Å². The van der Waals surface area contributed by atoms with Gasteiger partial charge in [-0.15, -0.1) is 0 Å². The predicted octanol–water partition coefficient (Wildman–Crippen LogP) is 4.08. The van der Waals surface area contributed by atoms with Gasteiger partial charge in [0.15, 0.2) is 0 Å². The van der Waals surface area contributed by atoms with E-state index in [2.05, 4.69) is 33.0 Å². The molecule has 104 valence electrons. The summed E-state index contributed by atoms with van der Waals surface area (Å²) < 4.78 is 0. The first-order chi connectivity index (χ1) is 8.42. The van der Waals surface area contributed by atoms with Crippen LogP contribution in [-0.4, -0.2) is 12.6 Å². The van der Waals surface area contributed by atoms with Gasteiger partial charge in [0.1, 0.15) is 0 Å². The summed E-state index contributed by atoms with van der Waals surface area (Å²) >= 11 is 0. The molecule has 1 heteroatoms. The molecule has 4 bridgehead atoms. The van der Waals surface area contributed by atoms with Gasteiger partial charge in [0.05, 0.1) is 0 Å². The minimum atomic E-state index is 0.417. The topological polar surface area (TPSA) is 12.0 Å². The Morgan fingerprint density at radius 3 is 1.89 bits per heavy atom. The van der Waals surface area contributed by atoms with Gasteiger partial charge in [-0.25, -0.2) is 0 Å². The highest BCUT2D eigenvalue weighted by Gasteiger charge is 2.49. The summed E-state index contributed by atoms with van der Waals surface area (Å²) in [6.45, 7) is 10.6. The maximum absolute atomic E-state index is 3.85. The van der Waals surface area contributed by atoms with Crippen LogP contribution < -0.4 is 5.32 Å². The van der Waals surface area contributed by atoms with Crippen molar-refractivity contribution in [3.63, 3.8) is 0 Å². The molecule has 4 aliphatic carbocycles. The van der Waals surface area contributed by atoms with Crippen LogP contribution in [0.2, 0.25) is 0 Å². The predicted molar refractivity (Wildman–Crippen MR) is 77.5 cm³/mol. The van der Waals surface area contributed by atoms with Crippen LogP contribution in [-0.2, 0) is 0 Å². The molecule has 1 nitrogen and oxygen atoms in total. The number of nitrogens with one attached hydrogen (secondary N) is 1. The van der Waals surface area contributed by atoms with Gasteiger partial charge < -0.3 is 5.32 Å². The number of rotatable bonds is 3. The molecule has 1 atom stereocenters. The van der Waals surface area contributed by atoms with Crippen molar-refractivity contribution in [1.82, 2.24) is 5.32 Å². The SMILES string of the molecule is CC(NCC(C)(C)C)C1C2CC3CC(C2)CC1C3. The molecule has 0 aromatic rings. The third-order valence-electron chi connectivity index (χ3n) is 5.83. The van der Waals surface area contributed by atoms with Crippen LogP contribution in [0.25, 0.3) is 0 Å². The maximum atomic E-state index is 3.85. The van der Waals surface area contributed by atoms with Crippen LogP contribution in [0.15, 0.2) is 0 Å². The Morgan fingerprint density at radius 2 is 1.44 bits per heavy atom. The van der Waals surface area contributed by atoms with Crippen LogP contribution >= 0.6 is 0 Å². The molecule has 4 aliphatic rings. The third-order valence-corrected chi connectivity index (χ3v) is 5.83. The van der Waals surface area contributed by atoms with Crippen LogP contribution in [0.4, 0.5) is 0 Å². The Bertz CT molecular complexity index is 273. The van der Waals surface area contributed by atoms with Crippen molar-refractivity contribution in [3.05, 3.63) is 0 Å². The highest BCUT2D eigenvalue weighted by molar-refractivity contribution is 5.00. The van der Waals surface area contributed by atoms with E-state index in [1.807, 2.05) is 0 Å². The van der Waals surface area contributed by atoms with E-state index < -0.39 is 0 Å². The van der Waals surface area contributed by atoms with E-state index in [4.69, 9.17) is 0 Å². The third kappa shape index (κ3) is 2.48. The van der Waals surface area contributed by atoms with Gasteiger partial charge in [-0.1, -0.05) is 20.8 Å². The van der Waals surface area contributed by atoms with Crippen molar-refractivity contribution < 1.29 is 0 Å². The molecule has 1 unspecified atom stereocenters. The summed E-state index contributed by atoms with van der Waals surface area (Å²) in [5, 5.41) is 3.85. The lowest BCUT2D eigenvalue weighted by atomic mass is 9.50. The summed E-state index contributed by atoms with van der Waals surface area (Å²) in [6.07, 6.45) is 7.79. The van der Waals surface area contributed by atoms with Gasteiger partial charge in [-0.05, 0) is 74.0 Å². The maximum Gasteiger partial charge on any atom is 0.00725 e. The molecule has 0 saturated heterocycles. The second kappa shape index (κ2) is 4.51. The first kappa shape index (κ1) is 13.0. The summed E-state index contributed by atoms with van der Waals surface area (Å²) in [7, 11) is 0. The van der Waals surface area contributed by atoms with Crippen molar-refractivity contribution in [2.75, 3.05) is 6.54 Å². The van der Waals surface area contributed by atoms with E-state index in [9.17, 15) is 0 Å². The quantitative estimate of drug-likeness (QED) is 0.794. The van der Waals surface area contributed by atoms with Crippen LogP contribution in [0, 0.1) is 35.0 Å². The van der Waals surface area contributed by atoms with Crippen molar-refractivity contribution in [2.24, 2.45) is 35.0 Å². The van der Waals surface area contributed by atoms with Gasteiger partial charge in [0, 0.05) is 12.6 Å². The number of hydrogen-bond donors (Lipinski definition) is 1. The lowest BCUT2D eigenvalue weighted by Crippen LogP contribution is -2.52. The van der Waals surface area contributed by atoms with E-state index in [1.165, 1.54) is 0 Å². The second-order valence-corrected chi connectivity index (χ2v) is 8.74. The van der Waals surface area contributed by atoms with Crippen molar-refractivity contribution >= 4 is 0 Å². The monoisotopic (exact) mass is 249 g/mol. The Hall–Kier alpha value is -0.0400. The van der Waals surface area contributed by atoms with Crippen LogP contribution in [0.3, 0.4) is 0 Å². The molecule has 0 radical (unpaired) electrons. The molecular weight excluding hydrogens is 218 g/mol. The minimum absolute atomic E-state index is 0.417. The van der Waals surface area contributed by atoms with Crippen LogP contribution in [0.1, 0.15) is 59.8 Å². The average Bonchev–Trinajstić information content (AvgIpc) is 2.23. The zero-order valence-corrected chi connectivity index (χ0v) is 12.7. The first-order valence-electron chi connectivity index (χ1n) is 8.16. The minimum Gasteiger partial charge on any atom is -0.313 e. The molecule has 4 fully saturated rings. The van der Waals surface area contributed by atoms with Crippen molar-refractivity contribution in [2.45, 2.75) is 65.8 Å². The van der Waals surface area contributed by atoms with E-state index in [0.717, 1.165) is 42.2 Å². The molecular formula is C17H31N. The Labute approximate surface area is 113 Å². The smallest absolute Gasteiger partial charge is 0.00725 e. The summed E-state index contributed by atoms with van der Waals surface area (Å²) in [4.78, 5) is 0. The Balaban J connectivity index is 1.62. The van der Waals surface area contributed by atoms with E-state index in [1.54, 1.807) is 32.1 Å². The first-order valence-corrected chi connectivity index (χ1v) is 8.16. The van der Waals surface area contributed by atoms with Gasteiger partial charge in [-0.3, -0.25) is 0 Å². The summed E-state index contributed by atoms with van der Waals surface area (Å²) in [5.41, 5.74) is 0.417. The van der Waals surface area contributed by atoms with Gasteiger partial charge in [0.25, 0.3) is 0 Å². The highest BCUT2D eigenvalue weighted by atomic mass is 14.9. The fourth-order valence-corrected chi connectivity index (χ4v) is 5.39. The second-order valence-electron chi connectivity index (χ2n) is 8.74. The lowest BCUT2D eigenvalue weighted by molar-refractivity contribution is -0.0500. The molecule has 0 aromatic carbocycles. The van der Waals surface area contributed by atoms with E-state index in [0.29, 0.717) is 5.41 Å². The molecule has 0 aromatic heterocycles. The molecule has 0 heterocycles. The Morgan fingerprint density at radius 1 is 0.944 bits per heavy atom. The zero-order chi connectivity index (χ0) is 12.9. The largest absolute Gasteiger partial charge is 0.313 e. The standard InChI is InChI=1S/C17H31N/c1-11(18-10-17(2,3)4)16-14-6-12-5-13(8-14)9-15(16)7-12/h11-16,18H,5-10H2,1-4H3. The highest BCUT2D eigenvalue weighted by Crippen LogP contribution is 2.57. The summed E-state index contributed by atoms with van der Waals surface area (Å²) in [6, 6.07) is 0.735. The lowest BCUT2D eigenvalue weighted by Gasteiger charge is -2.56. The fraction of sp³-hybridized carbons (Fsp3) is 1.00. The zero-order valence-electron chi connectivity index (χ0n) is 12.7. The van der Waals surface area contributed by atoms with Gasteiger partial charge in [-0.2, -0.15) is 0 Å². The van der Waals surface area contributed by atoms with Gasteiger partial charge >= 0.3 is 0 Å². The van der Waals surface area contributed by atoms with Crippen LogP contribution in [0.5, 0.6) is 0 Å². The van der Waals surface area contributed by atoms with Crippen molar-refractivity contribution in [3.8, 4) is 0 Å². The molecule has 18 heavy (non-hydrogen) atoms. The molecule has 1 N–H and O–H groups in total. The molecule has 4 saturated carbocycles. The molecule has 0 spiro atoms. The normalized spacial score (nSPS) is 44.3. The van der Waals surface area contributed by atoms with Gasteiger partial charge in [0.2, 0.25) is 0 Å². The van der Waals surface area contributed by atoms with Crippen molar-refractivity contribution in [1.29, 1.82) is 0 Å². The Kier molecular flexibility index (Phi) is 3.25. The molecule has 0 aliphatic heterocycles. The number of hydrogen-bond acceptors (Lipinski definition) is 1. The van der Waals surface area contributed by atoms with E-state index in [-0.39, 0.29) is 0 Å². The summed E-state index contributed by atoms with van der Waals surface area (Å²) in [5.74, 6) is 5.32. The fourth-order valence-electron chi connectivity index (χ4n) is 5.39. The average molecular weight is 249 g/mol. The molecule has 4 rings (SSSR count). The molecule has 0 amide bonds.